The summed E-state index contributed by atoms with van der Waals surface area (Å²) in [6, 6.07) is 7.07. The van der Waals surface area contributed by atoms with Crippen molar-refractivity contribution in [2.75, 3.05) is 6.61 Å². The van der Waals surface area contributed by atoms with Gasteiger partial charge in [-0.3, -0.25) is 0 Å². The van der Waals surface area contributed by atoms with E-state index in [1.807, 2.05) is 13.0 Å². The minimum atomic E-state index is -2.39. The molecular formula is C27H45NO2Sn. The molecule has 0 bridgehead atoms. The van der Waals surface area contributed by atoms with Gasteiger partial charge in [-0.05, 0) is 0 Å². The van der Waals surface area contributed by atoms with Crippen LogP contribution >= 0.6 is 0 Å². The van der Waals surface area contributed by atoms with Crippen molar-refractivity contribution in [1.29, 1.82) is 0 Å². The zero-order valence-corrected chi connectivity index (χ0v) is 23.8. The van der Waals surface area contributed by atoms with Gasteiger partial charge in [0.2, 0.25) is 0 Å². The summed E-state index contributed by atoms with van der Waals surface area (Å²) >= 11 is -2.39. The van der Waals surface area contributed by atoms with E-state index in [0.29, 0.717) is 0 Å². The molecule has 4 heteroatoms. The minimum absolute atomic E-state index is 0.719. The van der Waals surface area contributed by atoms with Crippen molar-refractivity contribution >= 4 is 22.0 Å². The third-order valence-electron chi connectivity index (χ3n) is 6.59. The number of nitrogens with zero attached hydrogens (tertiary/aromatic N) is 1. The van der Waals surface area contributed by atoms with Gasteiger partial charge >= 0.3 is 196 Å². The standard InChI is InChI=1S/C15H18NO2.3C4H9.Sn/c1-11-6-4-7-12(2)15(11)17-9-5-8-14-10-13(3)16-18-14;3*1-3-4-2;/h6-7,10H,5,8-9H2,1-3H3;3*1,3-4H2,2H3;. The van der Waals surface area contributed by atoms with Crippen LogP contribution in [0.4, 0.5) is 0 Å². The Morgan fingerprint density at radius 2 is 1.35 bits per heavy atom. The third-order valence-corrected chi connectivity index (χ3v) is 22.1. The molecule has 3 nitrogen and oxygen atoms in total. The van der Waals surface area contributed by atoms with Crippen molar-refractivity contribution in [2.45, 2.75) is 106 Å². The van der Waals surface area contributed by atoms with Crippen LogP contribution in [-0.4, -0.2) is 30.1 Å². The number of rotatable bonds is 15. The van der Waals surface area contributed by atoms with Gasteiger partial charge < -0.3 is 0 Å². The van der Waals surface area contributed by atoms with Crippen molar-refractivity contribution < 1.29 is 9.26 Å². The van der Waals surface area contributed by atoms with E-state index >= 15 is 0 Å². The molecular weight excluding hydrogens is 489 g/mol. The second-order valence-corrected chi connectivity index (χ2v) is 22.7. The second-order valence-electron chi connectivity index (χ2n) is 9.42. The third kappa shape index (κ3) is 7.83. The van der Waals surface area contributed by atoms with Crippen LogP contribution in [-0.2, 0) is 6.42 Å². The molecule has 0 fully saturated rings. The molecule has 0 amide bonds. The first-order chi connectivity index (χ1) is 15.0. The van der Waals surface area contributed by atoms with Crippen LogP contribution in [0.25, 0.3) is 0 Å². The Hall–Kier alpha value is -0.971. The summed E-state index contributed by atoms with van der Waals surface area (Å²) in [7, 11) is 0. The molecule has 0 aliphatic heterocycles. The molecule has 174 valence electrons. The van der Waals surface area contributed by atoms with Gasteiger partial charge in [-0.1, -0.05) is 0 Å². The SMILES string of the molecule is CCC[CH2][Sn]([CH2]CCC)([CH2]CCC)[c]1cc(C)c(OCCCc2cc(C)no2)c(C)c1. The van der Waals surface area contributed by atoms with Crippen LogP contribution in [0.5, 0.6) is 5.75 Å². The van der Waals surface area contributed by atoms with E-state index in [2.05, 4.69) is 51.9 Å². The van der Waals surface area contributed by atoms with Crippen LogP contribution < -0.4 is 8.32 Å². The molecule has 0 atom stereocenters. The molecule has 0 spiro atoms. The first-order valence-corrected chi connectivity index (χ1v) is 20.1. The number of ether oxygens (including phenoxy) is 1. The Balaban J connectivity index is 2.15. The normalized spacial score (nSPS) is 11.8. The average molecular weight is 534 g/mol. The molecule has 0 N–H and O–H groups in total. The Morgan fingerprint density at radius 1 is 0.806 bits per heavy atom. The van der Waals surface area contributed by atoms with Crippen LogP contribution in [0, 0.1) is 20.8 Å². The molecule has 2 aromatic rings. The Kier molecular flexibility index (Phi) is 11.5. The summed E-state index contributed by atoms with van der Waals surface area (Å²) in [4.78, 5) is 0. The molecule has 0 aliphatic rings. The first-order valence-electron chi connectivity index (χ1n) is 12.6. The molecule has 0 aliphatic carbocycles. The molecule has 0 saturated heterocycles. The van der Waals surface area contributed by atoms with Crippen LogP contribution in [0.15, 0.2) is 22.7 Å². The topological polar surface area (TPSA) is 35.3 Å². The fourth-order valence-corrected chi connectivity index (χ4v) is 21.2. The Labute approximate surface area is 195 Å². The summed E-state index contributed by atoms with van der Waals surface area (Å²) in [5, 5.41) is 3.97. The Morgan fingerprint density at radius 3 is 1.81 bits per heavy atom. The Bertz CT molecular complexity index is 739. The monoisotopic (exact) mass is 535 g/mol. The fraction of sp³-hybridized carbons (Fsp3) is 0.667. The summed E-state index contributed by atoms with van der Waals surface area (Å²) in [5.41, 5.74) is 3.61. The van der Waals surface area contributed by atoms with Gasteiger partial charge in [0.15, 0.2) is 0 Å². The molecule has 0 saturated carbocycles. The van der Waals surface area contributed by atoms with Crippen LogP contribution in [0.1, 0.15) is 88.3 Å². The molecule has 0 unspecified atom stereocenters. The zero-order chi connectivity index (χ0) is 22.7. The number of aryl methyl sites for hydroxylation is 4. The number of aromatic nitrogens is 1. The quantitative estimate of drug-likeness (QED) is 0.174. The summed E-state index contributed by atoms with van der Waals surface area (Å²) in [6.45, 7) is 14.2. The van der Waals surface area contributed by atoms with Crippen LogP contribution in [0.3, 0.4) is 0 Å². The summed E-state index contributed by atoms with van der Waals surface area (Å²) in [5.74, 6) is 2.05. The molecule has 1 heterocycles. The summed E-state index contributed by atoms with van der Waals surface area (Å²) < 4.78 is 17.9. The van der Waals surface area contributed by atoms with Gasteiger partial charge in [-0.2, -0.15) is 0 Å². The van der Waals surface area contributed by atoms with E-state index in [-0.39, 0.29) is 0 Å². The van der Waals surface area contributed by atoms with E-state index in [4.69, 9.17) is 9.26 Å². The summed E-state index contributed by atoms with van der Waals surface area (Å²) in [6.07, 6.45) is 9.99. The van der Waals surface area contributed by atoms with E-state index < -0.39 is 18.4 Å². The van der Waals surface area contributed by atoms with E-state index in [0.717, 1.165) is 36.7 Å². The maximum absolute atomic E-state index is 6.27. The fourth-order valence-electron chi connectivity index (χ4n) is 4.79. The van der Waals surface area contributed by atoms with E-state index in [9.17, 15) is 0 Å². The maximum atomic E-state index is 6.27. The van der Waals surface area contributed by atoms with Gasteiger partial charge in [-0.25, -0.2) is 0 Å². The van der Waals surface area contributed by atoms with Crippen LogP contribution in [0.2, 0.25) is 13.3 Å². The van der Waals surface area contributed by atoms with Crippen molar-refractivity contribution in [2.24, 2.45) is 0 Å². The van der Waals surface area contributed by atoms with Crippen molar-refractivity contribution in [3.05, 3.63) is 40.8 Å². The van der Waals surface area contributed by atoms with Crippen molar-refractivity contribution in [3.63, 3.8) is 0 Å². The molecule has 0 radical (unpaired) electrons. The van der Waals surface area contributed by atoms with Gasteiger partial charge in [0, 0.05) is 0 Å². The average Bonchev–Trinajstić information content (AvgIpc) is 3.17. The molecule has 31 heavy (non-hydrogen) atoms. The zero-order valence-electron chi connectivity index (χ0n) is 21.0. The van der Waals surface area contributed by atoms with Crippen molar-refractivity contribution in [3.8, 4) is 5.75 Å². The number of hydrogen-bond donors (Lipinski definition) is 0. The van der Waals surface area contributed by atoms with Gasteiger partial charge in [0.1, 0.15) is 0 Å². The van der Waals surface area contributed by atoms with E-state index in [1.165, 1.54) is 63.0 Å². The first kappa shape index (κ1) is 26.3. The second kappa shape index (κ2) is 13.5. The predicted octanol–water partition coefficient (Wildman–Crippen LogP) is 7.67. The number of hydrogen-bond acceptors (Lipinski definition) is 3. The molecule has 1 aromatic heterocycles. The van der Waals surface area contributed by atoms with Gasteiger partial charge in [-0.15, -0.1) is 0 Å². The van der Waals surface area contributed by atoms with Gasteiger partial charge in [0.25, 0.3) is 0 Å². The molecule has 1 aromatic carbocycles. The number of benzene rings is 1. The van der Waals surface area contributed by atoms with Crippen molar-refractivity contribution in [1.82, 2.24) is 5.16 Å². The van der Waals surface area contributed by atoms with Gasteiger partial charge in [0.05, 0.1) is 0 Å². The van der Waals surface area contributed by atoms with E-state index in [1.54, 1.807) is 3.58 Å². The number of unbranched alkanes of at least 4 members (excludes halogenated alkanes) is 3. The molecule has 2 rings (SSSR count). The predicted molar refractivity (Wildman–Crippen MR) is 136 cm³/mol.